The highest BCUT2D eigenvalue weighted by atomic mass is 35.5. The van der Waals surface area contributed by atoms with Crippen molar-refractivity contribution in [3.8, 4) is 5.75 Å². The molecule has 0 aliphatic rings. The molecule has 0 aliphatic carbocycles. The number of halogens is 3. The summed E-state index contributed by atoms with van der Waals surface area (Å²) < 4.78 is 19.2. The summed E-state index contributed by atoms with van der Waals surface area (Å²) in [5.74, 6) is -0.292. The van der Waals surface area contributed by atoms with Gasteiger partial charge in [-0.3, -0.25) is 5.41 Å². The van der Waals surface area contributed by atoms with Crippen LogP contribution in [0.15, 0.2) is 36.4 Å². The summed E-state index contributed by atoms with van der Waals surface area (Å²) in [7, 11) is 0. The zero-order chi connectivity index (χ0) is 14.7. The highest BCUT2D eigenvalue weighted by molar-refractivity contribution is 6.34. The lowest BCUT2D eigenvalue weighted by atomic mass is 10.1. The fourth-order valence-electron chi connectivity index (χ4n) is 1.58. The van der Waals surface area contributed by atoms with Crippen molar-refractivity contribution < 1.29 is 9.13 Å². The number of ether oxygens (including phenoxy) is 1. The molecule has 104 valence electrons. The minimum Gasteiger partial charge on any atom is -0.487 e. The summed E-state index contributed by atoms with van der Waals surface area (Å²) in [6, 6.07) is 9.08. The maximum Gasteiger partial charge on any atom is 0.139 e. The molecule has 0 aliphatic heterocycles. The summed E-state index contributed by atoms with van der Waals surface area (Å²) in [6.07, 6.45) is 0. The topological polar surface area (TPSA) is 59.1 Å². The lowest BCUT2D eigenvalue weighted by Gasteiger charge is -2.10. The van der Waals surface area contributed by atoms with Gasteiger partial charge in [-0.15, -0.1) is 0 Å². The number of nitrogen functional groups attached to an aromatic ring is 1. The molecule has 0 heterocycles. The summed E-state index contributed by atoms with van der Waals surface area (Å²) in [6.45, 7) is 0.00405. The van der Waals surface area contributed by atoms with E-state index in [0.29, 0.717) is 26.9 Å². The van der Waals surface area contributed by atoms with Gasteiger partial charge in [0, 0.05) is 22.2 Å². The van der Waals surface area contributed by atoms with E-state index in [0.717, 1.165) is 0 Å². The van der Waals surface area contributed by atoms with Gasteiger partial charge < -0.3 is 10.5 Å². The summed E-state index contributed by atoms with van der Waals surface area (Å²) in [4.78, 5) is 0. The quantitative estimate of drug-likeness (QED) is 0.662. The van der Waals surface area contributed by atoms with Gasteiger partial charge in [-0.05, 0) is 18.2 Å². The molecule has 2 aromatic rings. The summed E-state index contributed by atoms with van der Waals surface area (Å²) in [5.41, 5.74) is 5.95. The second-order valence-corrected chi connectivity index (χ2v) is 4.93. The molecule has 6 heteroatoms. The molecule has 0 amide bonds. The molecule has 0 radical (unpaired) electrons. The molecule has 3 N–H and O–H groups in total. The number of nitrogens with two attached hydrogens (primary N) is 1. The summed E-state index contributed by atoms with van der Waals surface area (Å²) in [5, 5.41) is 8.12. The Morgan fingerprint density at radius 1 is 1.20 bits per heavy atom. The van der Waals surface area contributed by atoms with Crippen molar-refractivity contribution in [3.63, 3.8) is 0 Å². The van der Waals surface area contributed by atoms with E-state index in [1.807, 2.05) is 0 Å². The fraction of sp³-hybridized carbons (Fsp3) is 0.0714. The second kappa shape index (κ2) is 6.11. The molecule has 0 unspecified atom stereocenters. The molecule has 0 saturated heterocycles. The van der Waals surface area contributed by atoms with Crippen molar-refractivity contribution in [1.82, 2.24) is 0 Å². The Balaban J connectivity index is 2.15. The van der Waals surface area contributed by atoms with E-state index < -0.39 is 5.82 Å². The number of benzene rings is 2. The van der Waals surface area contributed by atoms with Gasteiger partial charge in [-0.1, -0.05) is 35.3 Å². The van der Waals surface area contributed by atoms with Crippen LogP contribution in [0.1, 0.15) is 11.1 Å². The Labute approximate surface area is 125 Å². The van der Waals surface area contributed by atoms with Crippen LogP contribution in [-0.2, 0) is 6.61 Å². The van der Waals surface area contributed by atoms with E-state index in [2.05, 4.69) is 0 Å². The van der Waals surface area contributed by atoms with Gasteiger partial charge in [-0.2, -0.15) is 0 Å². The van der Waals surface area contributed by atoms with E-state index in [-0.39, 0.29) is 12.4 Å². The highest BCUT2D eigenvalue weighted by Crippen LogP contribution is 2.28. The Kier molecular flexibility index (Phi) is 4.47. The highest BCUT2D eigenvalue weighted by Gasteiger charge is 2.08. The lowest BCUT2D eigenvalue weighted by molar-refractivity contribution is 0.300. The number of amidine groups is 1. The predicted octanol–water partition coefficient (Wildman–Crippen LogP) is 4.00. The molecule has 20 heavy (non-hydrogen) atoms. The van der Waals surface area contributed by atoms with Crippen LogP contribution in [0.3, 0.4) is 0 Å². The Hall–Kier alpha value is -1.78. The van der Waals surface area contributed by atoms with Crippen molar-refractivity contribution in [2.75, 3.05) is 0 Å². The molecule has 0 saturated carbocycles. The smallest absolute Gasteiger partial charge is 0.139 e. The third kappa shape index (κ3) is 3.40. The Morgan fingerprint density at radius 3 is 2.60 bits per heavy atom. The van der Waals surface area contributed by atoms with Crippen LogP contribution < -0.4 is 10.5 Å². The predicted molar refractivity (Wildman–Crippen MR) is 78.2 cm³/mol. The number of rotatable bonds is 4. The van der Waals surface area contributed by atoms with Crippen LogP contribution in [-0.4, -0.2) is 5.84 Å². The van der Waals surface area contributed by atoms with Gasteiger partial charge in [0.25, 0.3) is 0 Å². The van der Waals surface area contributed by atoms with Crippen LogP contribution in [0, 0.1) is 11.2 Å². The van der Waals surface area contributed by atoms with Crippen LogP contribution in [0.25, 0.3) is 0 Å². The van der Waals surface area contributed by atoms with Gasteiger partial charge in [0.05, 0.1) is 5.02 Å². The average Bonchev–Trinajstić information content (AvgIpc) is 2.40. The molecule has 0 spiro atoms. The SMILES string of the molecule is N=C(N)c1ccc(COc2cc(Cl)ccc2Cl)c(F)c1. The minimum atomic E-state index is -0.490. The van der Waals surface area contributed by atoms with Crippen molar-refractivity contribution in [2.45, 2.75) is 6.61 Å². The Morgan fingerprint density at radius 2 is 1.95 bits per heavy atom. The Bertz CT molecular complexity index is 662. The first-order chi connectivity index (χ1) is 9.47. The number of hydrogen-bond donors (Lipinski definition) is 2. The van der Waals surface area contributed by atoms with E-state index in [1.54, 1.807) is 24.3 Å². The van der Waals surface area contributed by atoms with Crippen molar-refractivity contribution in [3.05, 3.63) is 63.4 Å². The standard InChI is InChI=1S/C14H11Cl2FN2O/c15-10-3-4-11(16)13(6-10)20-7-9-2-1-8(14(18)19)5-12(9)17/h1-6H,7H2,(H3,18,19). The van der Waals surface area contributed by atoms with Crippen molar-refractivity contribution in [2.24, 2.45) is 5.73 Å². The third-order valence-corrected chi connectivity index (χ3v) is 3.19. The fourth-order valence-corrected chi connectivity index (χ4v) is 1.91. The molecule has 0 aromatic heterocycles. The molecule has 0 atom stereocenters. The van der Waals surface area contributed by atoms with Crippen LogP contribution >= 0.6 is 23.2 Å². The molecule has 2 rings (SSSR count). The van der Waals surface area contributed by atoms with E-state index in [4.69, 9.17) is 39.1 Å². The number of hydrogen-bond acceptors (Lipinski definition) is 2. The summed E-state index contributed by atoms with van der Waals surface area (Å²) >= 11 is 11.8. The normalized spacial score (nSPS) is 10.3. The van der Waals surface area contributed by atoms with Gasteiger partial charge in [0.1, 0.15) is 24.0 Å². The first kappa shape index (κ1) is 14.6. The van der Waals surface area contributed by atoms with Crippen LogP contribution in [0.5, 0.6) is 5.75 Å². The van der Waals surface area contributed by atoms with E-state index in [1.165, 1.54) is 12.1 Å². The first-order valence-electron chi connectivity index (χ1n) is 5.68. The maximum absolute atomic E-state index is 13.8. The molecular weight excluding hydrogens is 302 g/mol. The largest absolute Gasteiger partial charge is 0.487 e. The molecular formula is C14H11Cl2FN2O. The molecule has 0 fully saturated rings. The van der Waals surface area contributed by atoms with Crippen LogP contribution in [0.2, 0.25) is 10.0 Å². The zero-order valence-electron chi connectivity index (χ0n) is 10.3. The molecule has 0 bridgehead atoms. The minimum absolute atomic E-state index is 0.00405. The van der Waals surface area contributed by atoms with Crippen molar-refractivity contribution in [1.29, 1.82) is 5.41 Å². The van der Waals surface area contributed by atoms with Crippen molar-refractivity contribution >= 4 is 29.0 Å². The van der Waals surface area contributed by atoms with E-state index in [9.17, 15) is 4.39 Å². The van der Waals surface area contributed by atoms with Gasteiger partial charge in [-0.25, -0.2) is 4.39 Å². The molecule has 3 nitrogen and oxygen atoms in total. The van der Waals surface area contributed by atoms with Crippen LogP contribution in [0.4, 0.5) is 4.39 Å². The lowest BCUT2D eigenvalue weighted by Crippen LogP contribution is -2.12. The second-order valence-electron chi connectivity index (χ2n) is 4.08. The zero-order valence-corrected chi connectivity index (χ0v) is 11.8. The molecule has 2 aromatic carbocycles. The van der Waals surface area contributed by atoms with Gasteiger partial charge in [0.15, 0.2) is 0 Å². The average molecular weight is 313 g/mol. The first-order valence-corrected chi connectivity index (χ1v) is 6.43. The monoisotopic (exact) mass is 312 g/mol. The van der Waals surface area contributed by atoms with Gasteiger partial charge in [0.2, 0.25) is 0 Å². The number of nitrogens with one attached hydrogen (secondary N) is 1. The van der Waals surface area contributed by atoms with E-state index >= 15 is 0 Å². The third-order valence-electron chi connectivity index (χ3n) is 2.64. The van der Waals surface area contributed by atoms with Gasteiger partial charge >= 0.3 is 0 Å². The maximum atomic E-state index is 13.8.